The monoisotopic (exact) mass is 237 g/mol. The van der Waals surface area contributed by atoms with Crippen LogP contribution >= 0.6 is 7.75 Å². The summed E-state index contributed by atoms with van der Waals surface area (Å²) < 4.78 is 24.9. The van der Waals surface area contributed by atoms with Crippen LogP contribution in [0.15, 0.2) is 0 Å². The second-order valence-corrected chi connectivity index (χ2v) is 6.16. The van der Waals surface area contributed by atoms with Crippen LogP contribution in [0.25, 0.3) is 0 Å². The molecule has 0 heterocycles. The van der Waals surface area contributed by atoms with Crippen molar-refractivity contribution in [2.24, 2.45) is 0 Å². The van der Waals surface area contributed by atoms with Gasteiger partial charge in [0.15, 0.2) is 0 Å². The smallest absolute Gasteiger partial charge is 0.297 e. The van der Waals surface area contributed by atoms with Crippen LogP contribution in [0.4, 0.5) is 0 Å². The van der Waals surface area contributed by atoms with Gasteiger partial charge in [0.25, 0.3) is 0 Å². The molecule has 0 rings (SSSR count). The summed E-state index contributed by atoms with van der Waals surface area (Å²) in [6, 6.07) is 0.131. The molecule has 0 aromatic carbocycles. The lowest BCUT2D eigenvalue weighted by atomic mass is 10.4. The van der Waals surface area contributed by atoms with Gasteiger partial charge in [-0.15, -0.1) is 0 Å². The van der Waals surface area contributed by atoms with Crippen molar-refractivity contribution in [2.75, 3.05) is 13.7 Å². The van der Waals surface area contributed by atoms with E-state index in [-0.39, 0.29) is 12.1 Å². The third-order valence-electron chi connectivity index (χ3n) is 1.94. The highest BCUT2D eigenvalue weighted by Crippen LogP contribution is 2.53. The van der Waals surface area contributed by atoms with E-state index in [1.54, 1.807) is 11.7 Å². The molecule has 0 aliphatic rings. The van der Waals surface area contributed by atoms with Crippen molar-refractivity contribution < 1.29 is 13.6 Å². The molecule has 0 aliphatic heterocycles. The largest absolute Gasteiger partial charge is 0.408 e. The van der Waals surface area contributed by atoms with E-state index in [2.05, 4.69) is 0 Å². The first-order valence-corrected chi connectivity index (χ1v) is 6.99. The summed E-state index contributed by atoms with van der Waals surface area (Å²) in [6.45, 7) is 10.1. The Morgan fingerprint density at radius 1 is 1.27 bits per heavy atom. The maximum atomic E-state index is 12.4. The van der Waals surface area contributed by atoms with Crippen LogP contribution in [0, 0.1) is 0 Å². The van der Waals surface area contributed by atoms with Crippen molar-refractivity contribution in [3.8, 4) is 0 Å². The summed E-state index contributed by atoms with van der Waals surface area (Å²) >= 11 is 0. The first kappa shape index (κ1) is 15.1. The van der Waals surface area contributed by atoms with E-state index in [9.17, 15) is 4.57 Å². The molecule has 0 saturated heterocycles. The Hall–Kier alpha value is 0.110. The topological polar surface area (TPSA) is 38.8 Å². The summed E-state index contributed by atoms with van der Waals surface area (Å²) in [5.74, 6) is 0. The van der Waals surface area contributed by atoms with E-state index in [0.29, 0.717) is 6.61 Å². The van der Waals surface area contributed by atoms with E-state index in [1.165, 1.54) is 0 Å². The molecule has 0 N–H and O–H groups in total. The highest BCUT2D eigenvalue weighted by Gasteiger charge is 2.33. The fourth-order valence-corrected chi connectivity index (χ4v) is 2.86. The minimum atomic E-state index is -3.11. The maximum absolute atomic E-state index is 12.4. The van der Waals surface area contributed by atoms with Gasteiger partial charge in [0.05, 0.1) is 12.7 Å². The minimum Gasteiger partial charge on any atom is -0.297 e. The second-order valence-electron chi connectivity index (χ2n) is 4.12. The van der Waals surface area contributed by atoms with E-state index in [1.807, 2.05) is 34.6 Å². The van der Waals surface area contributed by atoms with Gasteiger partial charge in [-0.05, 0) is 41.2 Å². The second kappa shape index (κ2) is 6.64. The fraction of sp³-hybridized carbons (Fsp3) is 1.00. The molecule has 0 fully saturated rings. The van der Waals surface area contributed by atoms with Gasteiger partial charge in [-0.2, -0.15) is 0 Å². The Morgan fingerprint density at radius 3 is 2.13 bits per heavy atom. The standard InChI is InChI=1S/C10H24NO3P/c1-7-8-13-15(12,14-10(4)5)11(6)9(2)3/h9-10H,7-8H2,1-6H3. The molecule has 0 aromatic heterocycles. The molecule has 5 heteroatoms. The van der Waals surface area contributed by atoms with Gasteiger partial charge in [0, 0.05) is 6.04 Å². The Morgan fingerprint density at radius 2 is 1.80 bits per heavy atom. The molecule has 0 saturated carbocycles. The van der Waals surface area contributed by atoms with Crippen molar-refractivity contribution in [1.82, 2.24) is 4.67 Å². The minimum absolute atomic E-state index is 0.103. The Kier molecular flexibility index (Phi) is 6.69. The van der Waals surface area contributed by atoms with Crippen molar-refractivity contribution >= 4 is 7.75 Å². The zero-order valence-corrected chi connectivity index (χ0v) is 11.6. The predicted molar refractivity (Wildman–Crippen MR) is 63.0 cm³/mol. The van der Waals surface area contributed by atoms with Crippen molar-refractivity contribution in [2.45, 2.75) is 53.2 Å². The Balaban J connectivity index is 4.61. The molecule has 1 unspecified atom stereocenters. The van der Waals surface area contributed by atoms with E-state index >= 15 is 0 Å². The zero-order chi connectivity index (χ0) is 12.1. The van der Waals surface area contributed by atoms with Crippen molar-refractivity contribution in [3.05, 3.63) is 0 Å². The third-order valence-corrected chi connectivity index (χ3v) is 4.37. The van der Waals surface area contributed by atoms with Gasteiger partial charge in [0.1, 0.15) is 0 Å². The molecule has 0 radical (unpaired) electrons. The van der Waals surface area contributed by atoms with Crippen LogP contribution in [-0.2, 0) is 13.6 Å². The average molecular weight is 237 g/mol. The van der Waals surface area contributed by atoms with Crippen LogP contribution in [-0.4, -0.2) is 30.5 Å². The molecule has 0 bridgehead atoms. The summed E-state index contributed by atoms with van der Waals surface area (Å²) in [7, 11) is -1.34. The maximum Gasteiger partial charge on any atom is 0.408 e. The number of rotatable bonds is 7. The number of hydrogen-bond acceptors (Lipinski definition) is 3. The van der Waals surface area contributed by atoms with Crippen LogP contribution in [0.5, 0.6) is 0 Å². The van der Waals surface area contributed by atoms with E-state index in [0.717, 1.165) is 6.42 Å². The van der Waals surface area contributed by atoms with Crippen LogP contribution in [0.1, 0.15) is 41.0 Å². The van der Waals surface area contributed by atoms with Crippen LogP contribution < -0.4 is 0 Å². The fourth-order valence-electron chi connectivity index (χ4n) is 0.952. The highest BCUT2D eigenvalue weighted by atomic mass is 31.2. The summed E-state index contributed by atoms with van der Waals surface area (Å²) in [5, 5.41) is 0. The molecule has 1 atom stereocenters. The summed E-state index contributed by atoms with van der Waals surface area (Å²) in [6.07, 6.45) is 0.728. The quantitative estimate of drug-likeness (QED) is 0.637. The van der Waals surface area contributed by atoms with Crippen LogP contribution in [0.3, 0.4) is 0 Å². The van der Waals surface area contributed by atoms with Gasteiger partial charge >= 0.3 is 7.75 Å². The molecule has 4 nitrogen and oxygen atoms in total. The number of nitrogens with zero attached hydrogens (tertiary/aromatic N) is 1. The molecule has 0 amide bonds. The Labute approximate surface area is 93.5 Å². The molecular formula is C10H24NO3P. The van der Waals surface area contributed by atoms with Crippen molar-refractivity contribution in [1.29, 1.82) is 0 Å². The third kappa shape index (κ3) is 5.12. The average Bonchev–Trinajstić information content (AvgIpc) is 2.12. The summed E-state index contributed by atoms with van der Waals surface area (Å²) in [5.41, 5.74) is 0. The van der Waals surface area contributed by atoms with E-state index in [4.69, 9.17) is 9.05 Å². The van der Waals surface area contributed by atoms with Gasteiger partial charge in [-0.25, -0.2) is 9.24 Å². The molecular weight excluding hydrogens is 213 g/mol. The SMILES string of the molecule is CCCOP(=O)(OC(C)C)N(C)C(C)C. The van der Waals surface area contributed by atoms with Gasteiger partial charge in [-0.3, -0.25) is 9.05 Å². The lowest BCUT2D eigenvalue weighted by Gasteiger charge is -2.30. The molecule has 92 valence electrons. The molecule has 15 heavy (non-hydrogen) atoms. The lowest BCUT2D eigenvalue weighted by Crippen LogP contribution is -2.27. The zero-order valence-electron chi connectivity index (χ0n) is 10.7. The first-order valence-electron chi connectivity index (χ1n) is 5.49. The predicted octanol–water partition coefficient (Wildman–Crippen LogP) is 3.29. The van der Waals surface area contributed by atoms with Crippen molar-refractivity contribution in [3.63, 3.8) is 0 Å². The Bertz CT molecular complexity index is 219. The number of hydrogen-bond donors (Lipinski definition) is 0. The highest BCUT2D eigenvalue weighted by molar-refractivity contribution is 7.51. The van der Waals surface area contributed by atoms with Gasteiger partial charge in [0.2, 0.25) is 0 Å². The molecule has 0 aromatic rings. The van der Waals surface area contributed by atoms with Gasteiger partial charge in [-0.1, -0.05) is 6.92 Å². The van der Waals surface area contributed by atoms with Gasteiger partial charge < -0.3 is 0 Å². The first-order chi connectivity index (χ1) is 6.83. The molecule has 0 spiro atoms. The molecule has 0 aliphatic carbocycles. The normalized spacial score (nSPS) is 16.3. The lowest BCUT2D eigenvalue weighted by molar-refractivity contribution is 0.127. The summed E-state index contributed by atoms with van der Waals surface area (Å²) in [4.78, 5) is 0. The van der Waals surface area contributed by atoms with Crippen LogP contribution in [0.2, 0.25) is 0 Å². The van der Waals surface area contributed by atoms with E-state index < -0.39 is 7.75 Å².